The van der Waals surface area contributed by atoms with Crippen LogP contribution in [0, 0.1) is 6.92 Å². The summed E-state index contributed by atoms with van der Waals surface area (Å²) in [4.78, 5) is 10.4. The number of aliphatic hydroxyl groups is 1. The number of benzene rings is 1. The third-order valence-corrected chi connectivity index (χ3v) is 2.46. The molecule has 0 amide bonds. The molecule has 1 aromatic carbocycles. The van der Waals surface area contributed by atoms with Crippen molar-refractivity contribution in [2.75, 3.05) is 0 Å². The van der Waals surface area contributed by atoms with E-state index in [0.717, 1.165) is 10.0 Å². The third-order valence-electron chi connectivity index (χ3n) is 1.97. The average Bonchev–Trinajstić information content (AvgIpc) is 2.08. The predicted octanol–water partition coefficient (Wildman–Crippen LogP) is 2.27. The molecule has 0 aromatic heterocycles. The second-order valence-electron chi connectivity index (χ2n) is 3.11. The number of carbonyl (C=O) groups is 1. The van der Waals surface area contributed by atoms with Crippen LogP contribution in [0.4, 0.5) is 0 Å². The van der Waals surface area contributed by atoms with Crippen molar-refractivity contribution in [3.63, 3.8) is 0 Å². The van der Waals surface area contributed by atoms with Crippen LogP contribution in [-0.4, -0.2) is 16.2 Å². The van der Waals surface area contributed by atoms with Crippen molar-refractivity contribution in [1.29, 1.82) is 0 Å². The molecule has 3 nitrogen and oxygen atoms in total. The molecule has 0 bridgehead atoms. The first-order valence-corrected chi connectivity index (χ1v) is 4.96. The third kappa shape index (κ3) is 2.82. The Morgan fingerprint density at radius 1 is 1.57 bits per heavy atom. The fraction of sp³-hybridized carbons (Fsp3) is 0.300. The van der Waals surface area contributed by atoms with Crippen LogP contribution in [0.2, 0.25) is 0 Å². The monoisotopic (exact) mass is 258 g/mol. The SMILES string of the molecule is Cc1ccc(Br)cc1C(O)CC(=O)O. The fourth-order valence-electron chi connectivity index (χ4n) is 1.25. The minimum Gasteiger partial charge on any atom is -0.481 e. The van der Waals surface area contributed by atoms with Crippen LogP contribution in [-0.2, 0) is 4.79 Å². The highest BCUT2D eigenvalue weighted by Gasteiger charge is 2.14. The number of aryl methyl sites for hydroxylation is 1. The molecule has 0 aliphatic rings. The van der Waals surface area contributed by atoms with Gasteiger partial charge in [0.05, 0.1) is 12.5 Å². The summed E-state index contributed by atoms with van der Waals surface area (Å²) < 4.78 is 0.836. The van der Waals surface area contributed by atoms with Gasteiger partial charge in [0.15, 0.2) is 0 Å². The zero-order valence-corrected chi connectivity index (χ0v) is 9.28. The summed E-state index contributed by atoms with van der Waals surface area (Å²) in [6.07, 6.45) is -1.21. The molecule has 1 aromatic rings. The van der Waals surface area contributed by atoms with Crippen molar-refractivity contribution in [3.05, 3.63) is 33.8 Å². The van der Waals surface area contributed by atoms with Crippen molar-refractivity contribution in [2.45, 2.75) is 19.4 Å². The van der Waals surface area contributed by atoms with E-state index in [1.54, 1.807) is 6.07 Å². The van der Waals surface area contributed by atoms with Crippen LogP contribution in [0.15, 0.2) is 22.7 Å². The van der Waals surface area contributed by atoms with Gasteiger partial charge in [0.2, 0.25) is 0 Å². The Morgan fingerprint density at radius 3 is 2.79 bits per heavy atom. The molecular formula is C10H11BrO3. The minimum absolute atomic E-state index is 0.267. The number of hydrogen-bond donors (Lipinski definition) is 2. The second-order valence-corrected chi connectivity index (χ2v) is 4.03. The number of hydrogen-bond acceptors (Lipinski definition) is 2. The lowest BCUT2D eigenvalue weighted by Crippen LogP contribution is -2.06. The fourth-order valence-corrected chi connectivity index (χ4v) is 1.62. The van der Waals surface area contributed by atoms with Crippen LogP contribution in [0.5, 0.6) is 0 Å². The molecule has 0 fully saturated rings. The van der Waals surface area contributed by atoms with E-state index in [0.29, 0.717) is 5.56 Å². The van der Waals surface area contributed by atoms with Crippen LogP contribution in [0.25, 0.3) is 0 Å². The lowest BCUT2D eigenvalue weighted by molar-refractivity contribution is -0.139. The van der Waals surface area contributed by atoms with Gasteiger partial charge in [-0.1, -0.05) is 22.0 Å². The maximum absolute atomic E-state index is 10.4. The van der Waals surface area contributed by atoms with Gasteiger partial charge in [0, 0.05) is 4.47 Å². The van der Waals surface area contributed by atoms with Crippen LogP contribution in [0.3, 0.4) is 0 Å². The first-order chi connectivity index (χ1) is 6.50. The summed E-state index contributed by atoms with van der Waals surface area (Å²) >= 11 is 3.27. The largest absolute Gasteiger partial charge is 0.481 e. The number of carboxylic acid groups (broad SMARTS) is 1. The van der Waals surface area contributed by atoms with Gasteiger partial charge in [-0.3, -0.25) is 4.79 Å². The van der Waals surface area contributed by atoms with Crippen molar-refractivity contribution in [2.24, 2.45) is 0 Å². The maximum Gasteiger partial charge on any atom is 0.306 e. The topological polar surface area (TPSA) is 57.5 Å². The van der Waals surface area contributed by atoms with Crippen molar-refractivity contribution in [3.8, 4) is 0 Å². The Kier molecular flexibility index (Phi) is 3.66. The Labute approximate surface area is 90.5 Å². The Bertz CT molecular complexity index is 349. The molecule has 0 spiro atoms. The molecule has 76 valence electrons. The first-order valence-electron chi connectivity index (χ1n) is 4.16. The van der Waals surface area contributed by atoms with Crippen LogP contribution in [0.1, 0.15) is 23.7 Å². The highest BCUT2D eigenvalue weighted by Crippen LogP contribution is 2.24. The van der Waals surface area contributed by atoms with E-state index in [1.807, 2.05) is 19.1 Å². The quantitative estimate of drug-likeness (QED) is 0.875. The summed E-state index contributed by atoms with van der Waals surface area (Å²) in [7, 11) is 0. The van der Waals surface area contributed by atoms with Gasteiger partial charge < -0.3 is 10.2 Å². The van der Waals surface area contributed by atoms with Crippen molar-refractivity contribution >= 4 is 21.9 Å². The van der Waals surface area contributed by atoms with Gasteiger partial charge in [-0.25, -0.2) is 0 Å². The highest BCUT2D eigenvalue weighted by molar-refractivity contribution is 9.10. The molecule has 4 heteroatoms. The van der Waals surface area contributed by atoms with E-state index in [4.69, 9.17) is 5.11 Å². The summed E-state index contributed by atoms with van der Waals surface area (Å²) in [5.41, 5.74) is 1.55. The maximum atomic E-state index is 10.4. The van der Waals surface area contributed by atoms with E-state index in [1.165, 1.54) is 0 Å². The molecule has 0 aliphatic carbocycles. The van der Waals surface area contributed by atoms with Gasteiger partial charge in [0.25, 0.3) is 0 Å². The number of aliphatic hydroxyl groups excluding tert-OH is 1. The Hall–Kier alpha value is -0.870. The van der Waals surface area contributed by atoms with E-state index < -0.39 is 12.1 Å². The number of rotatable bonds is 3. The van der Waals surface area contributed by atoms with E-state index in [2.05, 4.69) is 15.9 Å². The van der Waals surface area contributed by atoms with Crippen molar-refractivity contribution < 1.29 is 15.0 Å². The number of halogens is 1. The predicted molar refractivity (Wildman–Crippen MR) is 56.1 cm³/mol. The smallest absolute Gasteiger partial charge is 0.306 e. The van der Waals surface area contributed by atoms with Gasteiger partial charge in [-0.2, -0.15) is 0 Å². The summed E-state index contributed by atoms with van der Waals surface area (Å²) in [6.45, 7) is 1.84. The molecule has 0 saturated heterocycles. The normalized spacial score (nSPS) is 12.5. The second kappa shape index (κ2) is 4.57. The number of carboxylic acids is 1. The molecule has 14 heavy (non-hydrogen) atoms. The molecule has 0 aliphatic heterocycles. The van der Waals surface area contributed by atoms with Crippen LogP contribution >= 0.6 is 15.9 Å². The van der Waals surface area contributed by atoms with Gasteiger partial charge in [0.1, 0.15) is 0 Å². The van der Waals surface area contributed by atoms with Gasteiger partial charge in [-0.15, -0.1) is 0 Å². The molecule has 1 unspecified atom stereocenters. The summed E-state index contributed by atoms with van der Waals surface area (Å²) in [5.74, 6) is -1.00. The molecular weight excluding hydrogens is 248 g/mol. The average molecular weight is 259 g/mol. The standard InChI is InChI=1S/C10H11BrO3/c1-6-2-3-7(11)4-8(6)9(12)5-10(13)14/h2-4,9,12H,5H2,1H3,(H,13,14). The minimum atomic E-state index is -1.00. The zero-order chi connectivity index (χ0) is 10.7. The number of aliphatic carboxylic acids is 1. The molecule has 1 rings (SSSR count). The van der Waals surface area contributed by atoms with E-state index >= 15 is 0 Å². The first kappa shape index (κ1) is 11.2. The Morgan fingerprint density at radius 2 is 2.21 bits per heavy atom. The van der Waals surface area contributed by atoms with Gasteiger partial charge in [-0.05, 0) is 30.2 Å². The molecule has 0 heterocycles. The summed E-state index contributed by atoms with van der Waals surface area (Å²) in [5, 5.41) is 18.1. The zero-order valence-electron chi connectivity index (χ0n) is 7.70. The Balaban J connectivity index is 2.93. The molecule has 0 saturated carbocycles. The lowest BCUT2D eigenvalue weighted by Gasteiger charge is -2.11. The molecule has 1 atom stereocenters. The van der Waals surface area contributed by atoms with Crippen LogP contribution < -0.4 is 0 Å². The lowest BCUT2D eigenvalue weighted by atomic mass is 10.0. The van der Waals surface area contributed by atoms with E-state index in [-0.39, 0.29) is 6.42 Å². The van der Waals surface area contributed by atoms with E-state index in [9.17, 15) is 9.90 Å². The summed E-state index contributed by atoms with van der Waals surface area (Å²) in [6, 6.07) is 5.43. The highest BCUT2D eigenvalue weighted by atomic mass is 79.9. The molecule has 2 N–H and O–H groups in total. The van der Waals surface area contributed by atoms with Gasteiger partial charge >= 0.3 is 5.97 Å². The van der Waals surface area contributed by atoms with Crippen molar-refractivity contribution in [1.82, 2.24) is 0 Å². The molecule has 0 radical (unpaired) electrons.